The normalized spacial score (nSPS) is 19.9. The summed E-state index contributed by atoms with van der Waals surface area (Å²) in [5, 5.41) is 2.97. The molecule has 2 aliphatic heterocycles. The van der Waals surface area contributed by atoms with E-state index < -0.39 is 0 Å². The molecule has 1 aromatic carbocycles. The van der Waals surface area contributed by atoms with Crippen molar-refractivity contribution >= 4 is 11.7 Å². The van der Waals surface area contributed by atoms with E-state index in [0.29, 0.717) is 12.3 Å². The number of ether oxygens (including phenoxy) is 1. The van der Waals surface area contributed by atoms with Gasteiger partial charge in [0.2, 0.25) is 0 Å². The monoisotopic (exact) mass is 381 g/mol. The third-order valence-electron chi connectivity index (χ3n) is 5.56. The number of nitrogens with two attached hydrogens (primary N) is 1. The highest BCUT2D eigenvalue weighted by Gasteiger charge is 2.22. The first-order chi connectivity index (χ1) is 13.5. The molecule has 1 saturated heterocycles. The lowest BCUT2D eigenvalue weighted by Gasteiger charge is -2.27. The highest BCUT2D eigenvalue weighted by molar-refractivity contribution is 5.97. The SMILES string of the molecule is Cc1cc(-c2cnc(N)c(C(=O)NC3CCCOC3)n2)cc2c1CCN(C)C2. The fraction of sp³-hybridized carbons (Fsp3) is 0.476. The maximum absolute atomic E-state index is 12.7. The Morgan fingerprint density at radius 2 is 2.25 bits per heavy atom. The maximum Gasteiger partial charge on any atom is 0.274 e. The molecule has 0 radical (unpaired) electrons. The fourth-order valence-electron chi connectivity index (χ4n) is 4.02. The number of benzene rings is 1. The van der Waals surface area contributed by atoms with E-state index in [1.807, 2.05) is 0 Å². The maximum atomic E-state index is 12.7. The van der Waals surface area contributed by atoms with Crippen molar-refractivity contribution in [2.75, 3.05) is 32.5 Å². The van der Waals surface area contributed by atoms with Gasteiger partial charge in [-0.2, -0.15) is 0 Å². The van der Waals surface area contributed by atoms with Gasteiger partial charge in [0.25, 0.3) is 5.91 Å². The second-order valence-corrected chi connectivity index (χ2v) is 7.80. The number of fused-ring (bicyclic) bond motifs is 1. The van der Waals surface area contributed by atoms with E-state index in [2.05, 4.69) is 46.3 Å². The average molecular weight is 381 g/mol. The second kappa shape index (κ2) is 7.85. The van der Waals surface area contributed by atoms with Gasteiger partial charge in [0.15, 0.2) is 11.5 Å². The molecule has 1 unspecified atom stereocenters. The highest BCUT2D eigenvalue weighted by Crippen LogP contribution is 2.28. The van der Waals surface area contributed by atoms with Crippen molar-refractivity contribution in [3.63, 3.8) is 0 Å². The average Bonchev–Trinajstić information content (AvgIpc) is 2.68. The Labute approximate surface area is 165 Å². The zero-order valence-corrected chi connectivity index (χ0v) is 16.5. The molecular weight excluding hydrogens is 354 g/mol. The third kappa shape index (κ3) is 3.86. The van der Waals surface area contributed by atoms with Crippen molar-refractivity contribution < 1.29 is 9.53 Å². The molecule has 1 atom stereocenters. The minimum atomic E-state index is -0.295. The van der Waals surface area contributed by atoms with E-state index in [1.54, 1.807) is 6.20 Å². The fourth-order valence-corrected chi connectivity index (χ4v) is 4.02. The van der Waals surface area contributed by atoms with Gasteiger partial charge in [-0.1, -0.05) is 0 Å². The van der Waals surface area contributed by atoms with Crippen molar-refractivity contribution in [2.24, 2.45) is 0 Å². The van der Waals surface area contributed by atoms with Crippen LogP contribution in [0.1, 0.15) is 40.0 Å². The van der Waals surface area contributed by atoms with Gasteiger partial charge in [-0.3, -0.25) is 4.79 Å². The first kappa shape index (κ1) is 18.8. The molecule has 3 N–H and O–H groups in total. The van der Waals surface area contributed by atoms with Gasteiger partial charge in [-0.25, -0.2) is 9.97 Å². The molecule has 1 amide bonds. The molecule has 3 heterocycles. The summed E-state index contributed by atoms with van der Waals surface area (Å²) in [6.45, 7) is 5.40. The summed E-state index contributed by atoms with van der Waals surface area (Å²) < 4.78 is 5.43. The van der Waals surface area contributed by atoms with Crippen molar-refractivity contribution in [3.05, 3.63) is 40.7 Å². The molecule has 1 fully saturated rings. The van der Waals surface area contributed by atoms with Crippen LogP contribution >= 0.6 is 0 Å². The van der Waals surface area contributed by atoms with Gasteiger partial charge in [-0.05, 0) is 62.1 Å². The number of amides is 1. The van der Waals surface area contributed by atoms with E-state index in [1.165, 1.54) is 16.7 Å². The highest BCUT2D eigenvalue weighted by atomic mass is 16.5. The zero-order chi connectivity index (χ0) is 19.7. The molecule has 2 aromatic rings. The zero-order valence-electron chi connectivity index (χ0n) is 16.5. The molecule has 2 aliphatic rings. The summed E-state index contributed by atoms with van der Waals surface area (Å²) >= 11 is 0. The molecule has 28 heavy (non-hydrogen) atoms. The lowest BCUT2D eigenvalue weighted by molar-refractivity contribution is 0.0622. The Morgan fingerprint density at radius 3 is 3.04 bits per heavy atom. The van der Waals surface area contributed by atoms with Gasteiger partial charge in [0.1, 0.15) is 0 Å². The number of nitrogens with zero attached hydrogens (tertiary/aromatic N) is 3. The Balaban J connectivity index is 1.62. The lowest BCUT2D eigenvalue weighted by atomic mass is 9.92. The van der Waals surface area contributed by atoms with E-state index in [0.717, 1.165) is 44.5 Å². The van der Waals surface area contributed by atoms with Gasteiger partial charge < -0.3 is 20.7 Å². The summed E-state index contributed by atoms with van der Waals surface area (Å²) in [6.07, 6.45) is 4.54. The Morgan fingerprint density at radius 1 is 1.39 bits per heavy atom. The van der Waals surface area contributed by atoms with Gasteiger partial charge >= 0.3 is 0 Å². The molecular formula is C21H27N5O2. The summed E-state index contributed by atoms with van der Waals surface area (Å²) in [5.74, 6) is -0.149. The third-order valence-corrected chi connectivity index (χ3v) is 5.56. The Hall–Kier alpha value is -2.51. The number of anilines is 1. The van der Waals surface area contributed by atoms with Crippen molar-refractivity contribution in [1.29, 1.82) is 0 Å². The van der Waals surface area contributed by atoms with Crippen LogP contribution in [0.15, 0.2) is 18.3 Å². The smallest absolute Gasteiger partial charge is 0.274 e. The first-order valence-electron chi connectivity index (χ1n) is 9.83. The van der Waals surface area contributed by atoms with E-state index in [4.69, 9.17) is 10.5 Å². The van der Waals surface area contributed by atoms with Crippen molar-refractivity contribution in [3.8, 4) is 11.3 Å². The van der Waals surface area contributed by atoms with Crippen LogP contribution in [0.5, 0.6) is 0 Å². The number of likely N-dealkylation sites (N-methyl/N-ethyl adjacent to an activating group) is 1. The minimum Gasteiger partial charge on any atom is -0.382 e. The number of nitrogens with one attached hydrogen (secondary N) is 1. The minimum absolute atomic E-state index is 0.00682. The molecule has 0 saturated carbocycles. The Bertz CT molecular complexity index is 893. The number of carbonyl (C=O) groups is 1. The van der Waals surface area contributed by atoms with Crippen LogP contribution < -0.4 is 11.1 Å². The van der Waals surface area contributed by atoms with Crippen LogP contribution in [0, 0.1) is 6.92 Å². The molecule has 7 heteroatoms. The van der Waals surface area contributed by atoms with Crippen LogP contribution in [0.2, 0.25) is 0 Å². The summed E-state index contributed by atoms with van der Waals surface area (Å²) in [7, 11) is 2.13. The molecule has 1 aromatic heterocycles. The number of aryl methyl sites for hydroxylation is 1. The van der Waals surface area contributed by atoms with E-state index in [-0.39, 0.29) is 23.5 Å². The molecule has 0 bridgehead atoms. The number of nitrogen functional groups attached to an aromatic ring is 1. The summed E-state index contributed by atoms with van der Waals surface area (Å²) in [4.78, 5) is 23.8. The van der Waals surface area contributed by atoms with Crippen LogP contribution in [0.4, 0.5) is 5.82 Å². The summed E-state index contributed by atoms with van der Waals surface area (Å²) in [5.41, 5.74) is 11.8. The van der Waals surface area contributed by atoms with E-state index >= 15 is 0 Å². The molecule has 148 valence electrons. The standard InChI is InChI=1S/C21H27N5O2/c1-13-8-14(9-15-11-26(2)6-5-17(13)15)18-10-23-20(22)19(25-18)21(27)24-16-4-3-7-28-12-16/h8-10,16H,3-7,11-12H2,1-2H3,(H2,22,23)(H,24,27). The predicted octanol–water partition coefficient (Wildman–Crippen LogP) is 1.93. The molecule has 4 rings (SSSR count). The summed E-state index contributed by atoms with van der Waals surface area (Å²) in [6, 6.07) is 4.28. The largest absolute Gasteiger partial charge is 0.382 e. The van der Waals surface area contributed by atoms with Crippen LogP contribution in [0.3, 0.4) is 0 Å². The number of hydrogen-bond acceptors (Lipinski definition) is 6. The molecule has 0 spiro atoms. The van der Waals surface area contributed by atoms with Gasteiger partial charge in [-0.15, -0.1) is 0 Å². The van der Waals surface area contributed by atoms with Crippen LogP contribution in [0.25, 0.3) is 11.3 Å². The van der Waals surface area contributed by atoms with Gasteiger partial charge in [0, 0.05) is 25.3 Å². The molecule has 0 aliphatic carbocycles. The number of rotatable bonds is 3. The second-order valence-electron chi connectivity index (χ2n) is 7.80. The van der Waals surface area contributed by atoms with Crippen LogP contribution in [-0.2, 0) is 17.7 Å². The van der Waals surface area contributed by atoms with Crippen LogP contribution in [-0.4, -0.2) is 53.6 Å². The number of carbonyl (C=O) groups excluding carboxylic acids is 1. The molecule has 7 nitrogen and oxygen atoms in total. The van der Waals surface area contributed by atoms with Crippen molar-refractivity contribution in [2.45, 2.75) is 38.8 Å². The first-order valence-corrected chi connectivity index (χ1v) is 9.83. The van der Waals surface area contributed by atoms with E-state index in [9.17, 15) is 4.79 Å². The van der Waals surface area contributed by atoms with Gasteiger partial charge in [0.05, 0.1) is 24.5 Å². The Kier molecular flexibility index (Phi) is 5.28. The number of aromatic nitrogens is 2. The predicted molar refractivity (Wildman–Crippen MR) is 108 cm³/mol. The number of hydrogen-bond donors (Lipinski definition) is 2. The topological polar surface area (TPSA) is 93.4 Å². The quantitative estimate of drug-likeness (QED) is 0.844. The lowest BCUT2D eigenvalue weighted by Crippen LogP contribution is -2.41. The van der Waals surface area contributed by atoms with Crippen molar-refractivity contribution in [1.82, 2.24) is 20.2 Å².